The number of methoxy groups -OCH3 is 1. The van der Waals surface area contributed by atoms with Crippen LogP contribution >= 0.6 is 0 Å². The molecule has 0 saturated heterocycles. The van der Waals surface area contributed by atoms with Crippen molar-refractivity contribution in [2.24, 2.45) is 5.73 Å². The highest BCUT2D eigenvalue weighted by Gasteiger charge is 2.33. The lowest BCUT2D eigenvalue weighted by molar-refractivity contribution is -0.139. The molecular weight excluding hydrogens is 392 g/mol. The number of nitrogen functional groups attached to an aromatic ring is 1. The van der Waals surface area contributed by atoms with E-state index >= 15 is 0 Å². The Balaban J connectivity index is 1.76. The maximum absolute atomic E-state index is 13.1. The van der Waals surface area contributed by atoms with Gasteiger partial charge in [0.05, 0.1) is 7.11 Å². The molecule has 7 heteroatoms. The Bertz CT molecular complexity index is 1220. The number of fused-ring (bicyclic) bond motifs is 1. The van der Waals surface area contributed by atoms with Gasteiger partial charge in [-0.2, -0.15) is 0 Å². The summed E-state index contributed by atoms with van der Waals surface area (Å²) in [5.41, 5.74) is 7.95. The number of carbonyl (C=O) groups is 2. The van der Waals surface area contributed by atoms with Crippen LogP contribution in [0, 0.1) is 5.41 Å². The van der Waals surface area contributed by atoms with Crippen LogP contribution in [0.2, 0.25) is 0 Å². The molecule has 1 amide bonds. The number of nitrogens with zero attached hydrogens (tertiary/aromatic N) is 1. The fourth-order valence-corrected chi connectivity index (χ4v) is 3.74. The largest absolute Gasteiger partial charge is 0.464 e. The Labute approximate surface area is 179 Å². The monoisotopic (exact) mass is 414 g/mol. The molecule has 1 aliphatic heterocycles. The van der Waals surface area contributed by atoms with Crippen LogP contribution in [-0.4, -0.2) is 29.7 Å². The van der Waals surface area contributed by atoms with Gasteiger partial charge in [-0.1, -0.05) is 54.6 Å². The number of rotatable bonds is 5. The van der Waals surface area contributed by atoms with E-state index < -0.39 is 12.0 Å². The van der Waals surface area contributed by atoms with Crippen LogP contribution in [-0.2, 0) is 20.9 Å². The number of nitrogens with two attached hydrogens (primary N) is 1. The Morgan fingerprint density at radius 1 is 1.10 bits per heavy atom. The van der Waals surface area contributed by atoms with Gasteiger partial charge in [0.2, 0.25) is 0 Å². The molecule has 4 rings (SSSR count). The molecule has 31 heavy (non-hydrogen) atoms. The molecule has 0 fully saturated rings. The first-order valence-electron chi connectivity index (χ1n) is 9.75. The lowest BCUT2D eigenvalue weighted by atomic mass is 9.98. The molecule has 7 nitrogen and oxygen atoms in total. The number of amides is 1. The van der Waals surface area contributed by atoms with E-state index in [1.54, 1.807) is 23.2 Å². The number of hydrogen-bond donors (Lipinski definition) is 3. The summed E-state index contributed by atoms with van der Waals surface area (Å²) >= 11 is 0. The molecular formula is C24H22N4O3. The molecule has 1 aliphatic rings. The zero-order chi connectivity index (χ0) is 22.0. The summed E-state index contributed by atoms with van der Waals surface area (Å²) < 4.78 is 4.79. The molecule has 3 aromatic rings. The summed E-state index contributed by atoms with van der Waals surface area (Å²) in [6.45, 7) is 0.340. The second kappa shape index (κ2) is 8.31. The molecule has 3 aromatic carbocycles. The third-order valence-electron chi connectivity index (χ3n) is 5.23. The topological polar surface area (TPSA) is 109 Å². The lowest BCUT2D eigenvalue weighted by Gasteiger charge is -2.34. The highest BCUT2D eigenvalue weighted by Crippen LogP contribution is 2.30. The number of hydrogen-bond acceptors (Lipinski definition) is 5. The van der Waals surface area contributed by atoms with Gasteiger partial charge >= 0.3 is 5.97 Å². The predicted octanol–water partition coefficient (Wildman–Crippen LogP) is 2.81. The van der Waals surface area contributed by atoms with Gasteiger partial charge < -0.3 is 20.7 Å². The number of ether oxygens (including phenoxy) is 1. The van der Waals surface area contributed by atoms with E-state index in [-0.39, 0.29) is 17.4 Å². The first-order chi connectivity index (χ1) is 15.0. The predicted molar refractivity (Wildman–Crippen MR) is 118 cm³/mol. The zero-order valence-corrected chi connectivity index (χ0v) is 17.0. The third-order valence-corrected chi connectivity index (χ3v) is 5.23. The van der Waals surface area contributed by atoms with Crippen molar-refractivity contribution < 1.29 is 14.3 Å². The van der Waals surface area contributed by atoms with Gasteiger partial charge in [-0.25, -0.2) is 4.79 Å². The van der Waals surface area contributed by atoms with Crippen LogP contribution in [0.25, 0.3) is 10.8 Å². The Morgan fingerprint density at radius 2 is 1.87 bits per heavy atom. The van der Waals surface area contributed by atoms with Crippen LogP contribution in [0.5, 0.6) is 0 Å². The van der Waals surface area contributed by atoms with E-state index in [0.717, 1.165) is 21.9 Å². The molecule has 0 aromatic heterocycles. The number of amidine groups is 1. The van der Waals surface area contributed by atoms with Crippen molar-refractivity contribution in [3.8, 4) is 0 Å². The summed E-state index contributed by atoms with van der Waals surface area (Å²) in [7, 11) is 1.27. The van der Waals surface area contributed by atoms with Crippen molar-refractivity contribution in [1.82, 2.24) is 10.2 Å². The molecule has 1 heterocycles. The molecule has 0 bridgehead atoms. The number of carbonyl (C=O) groups excluding carboxylic acids is 2. The fourth-order valence-electron chi connectivity index (χ4n) is 3.74. The summed E-state index contributed by atoms with van der Waals surface area (Å²) in [4.78, 5) is 27.0. The Hall–Kier alpha value is -4.13. The van der Waals surface area contributed by atoms with E-state index in [9.17, 15) is 9.59 Å². The molecule has 0 radical (unpaired) electrons. The number of esters is 1. The summed E-state index contributed by atoms with van der Waals surface area (Å²) in [6, 6.07) is 20.4. The lowest BCUT2D eigenvalue weighted by Crippen LogP contribution is -2.44. The summed E-state index contributed by atoms with van der Waals surface area (Å²) in [6.07, 6.45) is 1.60. The zero-order valence-electron chi connectivity index (χ0n) is 17.0. The Kier molecular flexibility index (Phi) is 5.41. The van der Waals surface area contributed by atoms with Crippen molar-refractivity contribution in [2.75, 3.05) is 7.11 Å². The van der Waals surface area contributed by atoms with Crippen LogP contribution in [0.3, 0.4) is 0 Å². The molecule has 0 saturated carbocycles. The normalized spacial score (nSPS) is 15.9. The SMILES string of the molecule is COC(=O)C1=CN(Cc2cccc(C(=N)N)c2)C(c2ccc3ccccc3c2)C(=O)N1. The minimum Gasteiger partial charge on any atom is -0.464 e. The van der Waals surface area contributed by atoms with Crippen molar-refractivity contribution >= 4 is 28.5 Å². The van der Waals surface area contributed by atoms with E-state index in [2.05, 4.69) is 5.32 Å². The smallest absolute Gasteiger partial charge is 0.356 e. The Morgan fingerprint density at radius 3 is 2.61 bits per heavy atom. The van der Waals surface area contributed by atoms with Gasteiger partial charge in [-0.3, -0.25) is 10.2 Å². The quantitative estimate of drug-likeness (QED) is 0.338. The van der Waals surface area contributed by atoms with Gasteiger partial charge in [0.25, 0.3) is 5.91 Å². The second-order valence-electron chi connectivity index (χ2n) is 7.32. The van der Waals surface area contributed by atoms with Gasteiger partial charge in [-0.05, 0) is 34.0 Å². The average molecular weight is 414 g/mol. The van der Waals surface area contributed by atoms with Crippen molar-refractivity contribution in [3.05, 3.63) is 95.3 Å². The number of benzene rings is 3. The first-order valence-corrected chi connectivity index (χ1v) is 9.75. The molecule has 0 aliphatic carbocycles. The van der Waals surface area contributed by atoms with E-state index in [1.807, 2.05) is 54.6 Å². The average Bonchev–Trinajstić information content (AvgIpc) is 2.78. The van der Waals surface area contributed by atoms with Crippen LogP contribution in [0.1, 0.15) is 22.7 Å². The molecule has 1 atom stereocenters. The maximum atomic E-state index is 13.1. The molecule has 156 valence electrons. The molecule has 0 spiro atoms. The highest BCUT2D eigenvalue weighted by molar-refractivity contribution is 5.98. The standard InChI is InChI=1S/C24H22N4O3/c1-31-24(30)20-14-28(13-15-5-4-8-19(11-15)22(25)26)21(23(29)27-20)18-10-9-16-6-2-3-7-17(16)12-18/h2-12,14,21H,13H2,1H3,(H3,25,26)(H,27,29). The second-order valence-corrected chi connectivity index (χ2v) is 7.32. The van der Waals surface area contributed by atoms with E-state index in [4.69, 9.17) is 15.9 Å². The molecule has 1 unspecified atom stereocenters. The minimum atomic E-state index is -0.640. The summed E-state index contributed by atoms with van der Waals surface area (Å²) in [5.74, 6) is -0.969. The van der Waals surface area contributed by atoms with Crippen molar-refractivity contribution in [2.45, 2.75) is 12.6 Å². The van der Waals surface area contributed by atoms with Crippen molar-refractivity contribution in [3.63, 3.8) is 0 Å². The van der Waals surface area contributed by atoms with Gasteiger partial charge in [0.15, 0.2) is 0 Å². The van der Waals surface area contributed by atoms with E-state index in [0.29, 0.717) is 12.1 Å². The first kappa shape index (κ1) is 20.2. The van der Waals surface area contributed by atoms with Gasteiger partial charge in [0, 0.05) is 18.3 Å². The van der Waals surface area contributed by atoms with Gasteiger partial charge in [0.1, 0.15) is 17.6 Å². The minimum absolute atomic E-state index is 0.0323. The van der Waals surface area contributed by atoms with Gasteiger partial charge in [-0.15, -0.1) is 0 Å². The van der Waals surface area contributed by atoms with Crippen LogP contribution in [0.15, 0.2) is 78.6 Å². The fraction of sp³-hybridized carbons (Fsp3) is 0.125. The third kappa shape index (κ3) is 4.11. The van der Waals surface area contributed by atoms with Crippen molar-refractivity contribution in [1.29, 1.82) is 5.41 Å². The molecule has 4 N–H and O–H groups in total. The summed E-state index contributed by atoms with van der Waals surface area (Å²) in [5, 5.41) is 12.4. The van der Waals surface area contributed by atoms with Crippen LogP contribution < -0.4 is 11.1 Å². The number of nitrogens with one attached hydrogen (secondary N) is 2. The van der Waals surface area contributed by atoms with Crippen LogP contribution in [0.4, 0.5) is 0 Å². The van der Waals surface area contributed by atoms with E-state index in [1.165, 1.54) is 7.11 Å². The maximum Gasteiger partial charge on any atom is 0.356 e. The highest BCUT2D eigenvalue weighted by atomic mass is 16.5.